The number of carbonyl (C=O) groups is 2. The third-order valence-electron chi connectivity index (χ3n) is 3.46. The van der Waals surface area contributed by atoms with E-state index in [1.54, 1.807) is 23.2 Å². The normalized spacial score (nSPS) is 23.3. The summed E-state index contributed by atoms with van der Waals surface area (Å²) in [6.45, 7) is 4.59. The van der Waals surface area contributed by atoms with Crippen LogP contribution in [0, 0.1) is 12.3 Å². The summed E-state index contributed by atoms with van der Waals surface area (Å²) < 4.78 is 0. The lowest BCUT2D eigenvalue weighted by atomic mass is 9.90. The highest BCUT2D eigenvalue weighted by molar-refractivity contribution is 7.12. The van der Waals surface area contributed by atoms with Gasteiger partial charge in [-0.1, -0.05) is 0 Å². The fourth-order valence-corrected chi connectivity index (χ4v) is 3.07. The van der Waals surface area contributed by atoms with Crippen LogP contribution in [0.3, 0.4) is 0 Å². The molecule has 0 spiro atoms. The van der Waals surface area contributed by atoms with Crippen molar-refractivity contribution in [2.45, 2.75) is 26.7 Å². The number of hydrogen-bond donors (Lipinski definition) is 1. The second-order valence-electron chi connectivity index (χ2n) is 5.12. The smallest absolute Gasteiger partial charge is 0.311 e. The second-order valence-corrected chi connectivity index (χ2v) is 6.49. The molecular formula is C13H17NO3S. The van der Waals surface area contributed by atoms with Crippen LogP contribution in [-0.2, 0) is 16.0 Å². The molecule has 1 atom stereocenters. The van der Waals surface area contributed by atoms with E-state index in [4.69, 9.17) is 5.11 Å². The molecule has 1 fully saturated rings. The summed E-state index contributed by atoms with van der Waals surface area (Å²) in [5.41, 5.74) is -0.777. The Hall–Kier alpha value is -1.36. The first-order valence-electron chi connectivity index (χ1n) is 5.97. The van der Waals surface area contributed by atoms with E-state index in [0.717, 1.165) is 4.88 Å². The summed E-state index contributed by atoms with van der Waals surface area (Å²) in [5.74, 6) is -0.786. The summed E-state index contributed by atoms with van der Waals surface area (Å²) in [4.78, 5) is 27.1. The Bertz CT molecular complexity index is 482. The number of likely N-dealkylation sites (tertiary alicyclic amines) is 1. The van der Waals surface area contributed by atoms with E-state index in [1.807, 2.05) is 19.1 Å². The minimum atomic E-state index is -0.815. The zero-order chi connectivity index (χ0) is 13.3. The summed E-state index contributed by atoms with van der Waals surface area (Å²) in [7, 11) is 0. The van der Waals surface area contributed by atoms with Gasteiger partial charge < -0.3 is 10.0 Å². The van der Waals surface area contributed by atoms with E-state index in [2.05, 4.69) is 0 Å². The summed E-state index contributed by atoms with van der Waals surface area (Å²) in [5, 5.41) is 9.13. The zero-order valence-corrected chi connectivity index (χ0v) is 11.4. The van der Waals surface area contributed by atoms with Crippen LogP contribution < -0.4 is 0 Å². The first-order chi connectivity index (χ1) is 8.40. The summed E-state index contributed by atoms with van der Waals surface area (Å²) >= 11 is 1.62. The molecule has 1 aliphatic heterocycles. The molecule has 5 heteroatoms. The first-order valence-corrected chi connectivity index (χ1v) is 6.79. The Morgan fingerprint density at radius 3 is 2.72 bits per heavy atom. The van der Waals surface area contributed by atoms with Crippen molar-refractivity contribution in [3.05, 3.63) is 21.9 Å². The lowest BCUT2D eigenvalue weighted by Gasteiger charge is -2.19. The van der Waals surface area contributed by atoms with Crippen LogP contribution in [0.2, 0.25) is 0 Å². The standard InChI is InChI=1S/C13H17NO3S/c1-9-3-4-10(18-9)7-11(15)14-6-5-13(2,8-14)12(16)17/h3-4H,5-8H2,1-2H3,(H,16,17)/t13-/m1/s1. The number of thiophene rings is 1. The number of carboxylic acid groups (broad SMARTS) is 1. The molecule has 4 nitrogen and oxygen atoms in total. The van der Waals surface area contributed by atoms with Crippen LogP contribution >= 0.6 is 11.3 Å². The average molecular weight is 267 g/mol. The first kappa shape index (κ1) is 13.1. The molecule has 0 saturated carbocycles. The van der Waals surface area contributed by atoms with Gasteiger partial charge in [-0.25, -0.2) is 0 Å². The van der Waals surface area contributed by atoms with E-state index in [9.17, 15) is 9.59 Å². The molecule has 0 bridgehead atoms. The maximum atomic E-state index is 12.1. The highest BCUT2D eigenvalue weighted by Gasteiger charge is 2.41. The Labute approximate surface area is 110 Å². The van der Waals surface area contributed by atoms with E-state index in [1.165, 1.54) is 4.88 Å². The van der Waals surface area contributed by atoms with Crippen LogP contribution in [0.5, 0.6) is 0 Å². The van der Waals surface area contributed by atoms with Crippen LogP contribution in [0.15, 0.2) is 12.1 Å². The van der Waals surface area contributed by atoms with Gasteiger partial charge in [0.2, 0.25) is 5.91 Å². The summed E-state index contributed by atoms with van der Waals surface area (Å²) in [6, 6.07) is 3.96. The van der Waals surface area contributed by atoms with E-state index in [-0.39, 0.29) is 5.91 Å². The maximum Gasteiger partial charge on any atom is 0.311 e. The molecule has 2 heterocycles. The SMILES string of the molecule is Cc1ccc(CC(=O)N2CC[C@@](C)(C(=O)O)C2)s1. The van der Waals surface area contributed by atoms with Gasteiger partial charge in [0.1, 0.15) is 0 Å². The number of hydrogen-bond acceptors (Lipinski definition) is 3. The Morgan fingerprint density at radius 1 is 1.50 bits per heavy atom. The van der Waals surface area contributed by atoms with Gasteiger partial charge in [0.05, 0.1) is 11.8 Å². The lowest BCUT2D eigenvalue weighted by molar-refractivity contribution is -0.147. The topological polar surface area (TPSA) is 57.6 Å². The van der Waals surface area contributed by atoms with Crippen molar-refractivity contribution in [3.8, 4) is 0 Å². The number of nitrogens with zero attached hydrogens (tertiary/aromatic N) is 1. The maximum absolute atomic E-state index is 12.1. The molecule has 1 saturated heterocycles. The van der Waals surface area contributed by atoms with E-state index < -0.39 is 11.4 Å². The molecule has 18 heavy (non-hydrogen) atoms. The predicted molar refractivity (Wildman–Crippen MR) is 69.7 cm³/mol. The molecule has 0 radical (unpaired) electrons. The van der Waals surface area contributed by atoms with Gasteiger partial charge >= 0.3 is 5.97 Å². The zero-order valence-electron chi connectivity index (χ0n) is 10.6. The van der Waals surface area contributed by atoms with Gasteiger partial charge in [0.25, 0.3) is 0 Å². The van der Waals surface area contributed by atoms with Gasteiger partial charge in [-0.05, 0) is 32.4 Å². The van der Waals surface area contributed by atoms with Crippen molar-refractivity contribution in [1.82, 2.24) is 4.90 Å². The molecule has 1 N–H and O–H groups in total. The predicted octanol–water partition coefficient (Wildman–Crippen LogP) is 1.92. The molecule has 1 amide bonds. The van der Waals surface area contributed by atoms with E-state index >= 15 is 0 Å². The van der Waals surface area contributed by atoms with Gasteiger partial charge in [-0.2, -0.15) is 0 Å². The highest BCUT2D eigenvalue weighted by atomic mass is 32.1. The second kappa shape index (κ2) is 4.72. The Morgan fingerprint density at radius 2 is 2.22 bits per heavy atom. The van der Waals surface area contributed by atoms with Crippen molar-refractivity contribution in [1.29, 1.82) is 0 Å². The quantitative estimate of drug-likeness (QED) is 0.910. The molecular weight excluding hydrogens is 250 g/mol. The molecule has 1 aromatic heterocycles. The minimum Gasteiger partial charge on any atom is -0.481 e. The highest BCUT2D eigenvalue weighted by Crippen LogP contribution is 2.30. The van der Waals surface area contributed by atoms with E-state index in [0.29, 0.717) is 25.9 Å². The average Bonchev–Trinajstić information content (AvgIpc) is 2.86. The minimum absolute atomic E-state index is 0.0295. The van der Waals surface area contributed by atoms with Crippen LogP contribution in [0.25, 0.3) is 0 Å². The van der Waals surface area contributed by atoms with Crippen LogP contribution in [0.4, 0.5) is 0 Å². The van der Waals surface area contributed by atoms with Crippen molar-refractivity contribution in [2.24, 2.45) is 5.41 Å². The Balaban J connectivity index is 1.98. The van der Waals surface area contributed by atoms with Crippen molar-refractivity contribution in [2.75, 3.05) is 13.1 Å². The molecule has 1 aliphatic rings. The van der Waals surface area contributed by atoms with Crippen molar-refractivity contribution < 1.29 is 14.7 Å². The van der Waals surface area contributed by atoms with Gasteiger partial charge in [-0.3, -0.25) is 9.59 Å². The monoisotopic (exact) mass is 267 g/mol. The fraction of sp³-hybridized carbons (Fsp3) is 0.538. The van der Waals surface area contributed by atoms with Crippen LogP contribution in [0.1, 0.15) is 23.1 Å². The third kappa shape index (κ3) is 2.56. The molecule has 98 valence electrons. The number of carboxylic acids is 1. The van der Waals surface area contributed by atoms with Crippen molar-refractivity contribution in [3.63, 3.8) is 0 Å². The van der Waals surface area contributed by atoms with Crippen molar-refractivity contribution >= 4 is 23.2 Å². The van der Waals surface area contributed by atoms with Crippen LogP contribution in [-0.4, -0.2) is 35.0 Å². The fourth-order valence-electron chi connectivity index (χ4n) is 2.19. The van der Waals surface area contributed by atoms with Gasteiger partial charge in [0, 0.05) is 22.8 Å². The number of amides is 1. The lowest BCUT2D eigenvalue weighted by Crippen LogP contribution is -2.35. The third-order valence-corrected chi connectivity index (χ3v) is 4.46. The largest absolute Gasteiger partial charge is 0.481 e. The number of aliphatic carboxylic acids is 1. The molecule has 2 rings (SSSR count). The number of aryl methyl sites for hydroxylation is 1. The number of carbonyl (C=O) groups excluding carboxylic acids is 1. The van der Waals surface area contributed by atoms with Gasteiger partial charge in [-0.15, -0.1) is 11.3 Å². The molecule has 0 aliphatic carbocycles. The van der Waals surface area contributed by atoms with Gasteiger partial charge in [0.15, 0.2) is 0 Å². The molecule has 0 unspecified atom stereocenters. The molecule has 1 aromatic rings. The summed E-state index contributed by atoms with van der Waals surface area (Å²) in [6.07, 6.45) is 0.922. The Kier molecular flexibility index (Phi) is 3.43. The number of rotatable bonds is 3. The molecule has 0 aromatic carbocycles.